The minimum atomic E-state index is -0.429. The van der Waals surface area contributed by atoms with E-state index in [9.17, 15) is 4.79 Å². The first-order valence-corrected chi connectivity index (χ1v) is 9.70. The minimum absolute atomic E-state index is 0.178. The lowest BCUT2D eigenvalue weighted by Gasteiger charge is -2.34. The summed E-state index contributed by atoms with van der Waals surface area (Å²) in [5.41, 5.74) is 2.31. The molecule has 138 valence electrons. The molecule has 0 saturated carbocycles. The molecule has 2 fully saturated rings. The number of carbonyl (C=O) groups is 1. The molecular formula is C21H32N2O2. The highest BCUT2D eigenvalue weighted by Crippen LogP contribution is 2.28. The Morgan fingerprint density at radius 2 is 1.76 bits per heavy atom. The molecule has 4 heteroatoms. The van der Waals surface area contributed by atoms with Gasteiger partial charge >= 0.3 is 6.09 Å². The van der Waals surface area contributed by atoms with Gasteiger partial charge in [-0.25, -0.2) is 4.79 Å². The molecule has 0 unspecified atom stereocenters. The van der Waals surface area contributed by atoms with Crippen LogP contribution in [-0.4, -0.2) is 47.7 Å². The van der Waals surface area contributed by atoms with Crippen LogP contribution in [0.15, 0.2) is 24.3 Å². The summed E-state index contributed by atoms with van der Waals surface area (Å²) in [7, 11) is 0. The largest absolute Gasteiger partial charge is 0.444 e. The Labute approximate surface area is 152 Å². The molecule has 0 N–H and O–H groups in total. The second kappa shape index (κ2) is 7.77. The Morgan fingerprint density at radius 1 is 1.08 bits per heavy atom. The summed E-state index contributed by atoms with van der Waals surface area (Å²) >= 11 is 0. The van der Waals surface area contributed by atoms with Gasteiger partial charge in [-0.15, -0.1) is 0 Å². The van der Waals surface area contributed by atoms with E-state index in [1.54, 1.807) is 0 Å². The number of nitrogens with zero attached hydrogens (tertiary/aromatic N) is 2. The minimum Gasteiger partial charge on any atom is -0.444 e. The van der Waals surface area contributed by atoms with Gasteiger partial charge in [0.2, 0.25) is 0 Å². The summed E-state index contributed by atoms with van der Waals surface area (Å²) in [4.78, 5) is 16.7. The Morgan fingerprint density at radius 3 is 2.40 bits per heavy atom. The number of likely N-dealkylation sites (tertiary alicyclic amines) is 2. The number of ether oxygens (including phenoxy) is 1. The smallest absolute Gasteiger partial charge is 0.410 e. The van der Waals surface area contributed by atoms with E-state index < -0.39 is 5.60 Å². The average molecular weight is 344 g/mol. The fourth-order valence-corrected chi connectivity index (χ4v) is 3.84. The number of benzene rings is 1. The van der Waals surface area contributed by atoms with Crippen LogP contribution in [0, 0.1) is 0 Å². The molecule has 0 spiro atoms. The van der Waals surface area contributed by atoms with Crippen molar-refractivity contribution < 1.29 is 9.53 Å². The number of rotatable bonds is 3. The van der Waals surface area contributed by atoms with Crippen LogP contribution in [-0.2, 0) is 11.3 Å². The van der Waals surface area contributed by atoms with Gasteiger partial charge in [-0.3, -0.25) is 4.90 Å². The zero-order valence-corrected chi connectivity index (χ0v) is 16.0. The lowest BCUT2D eigenvalue weighted by atomic mass is 9.90. The maximum absolute atomic E-state index is 12.3. The van der Waals surface area contributed by atoms with Crippen molar-refractivity contribution in [2.75, 3.05) is 26.2 Å². The van der Waals surface area contributed by atoms with E-state index in [0.29, 0.717) is 5.92 Å². The monoisotopic (exact) mass is 344 g/mol. The SMILES string of the molecule is CC(C)(C)OC(=O)N1CCC[C@H](c2ccc(CN3CCCC3)cc2)C1. The van der Waals surface area contributed by atoms with E-state index >= 15 is 0 Å². The molecule has 4 nitrogen and oxygen atoms in total. The van der Waals surface area contributed by atoms with Crippen molar-refractivity contribution in [2.24, 2.45) is 0 Å². The third kappa shape index (κ3) is 5.21. The van der Waals surface area contributed by atoms with Gasteiger partial charge in [-0.2, -0.15) is 0 Å². The highest BCUT2D eigenvalue weighted by Gasteiger charge is 2.28. The Kier molecular flexibility index (Phi) is 5.67. The van der Waals surface area contributed by atoms with Crippen LogP contribution in [0.25, 0.3) is 0 Å². The summed E-state index contributed by atoms with van der Waals surface area (Å²) in [5.74, 6) is 0.419. The summed E-state index contributed by atoms with van der Waals surface area (Å²) in [6.45, 7) is 10.9. The summed E-state index contributed by atoms with van der Waals surface area (Å²) < 4.78 is 5.54. The molecule has 1 atom stereocenters. The van der Waals surface area contributed by atoms with Crippen LogP contribution in [0.4, 0.5) is 4.79 Å². The predicted octanol–water partition coefficient (Wildman–Crippen LogP) is 4.40. The molecule has 2 saturated heterocycles. The van der Waals surface area contributed by atoms with Crippen LogP contribution in [0.3, 0.4) is 0 Å². The third-order valence-electron chi connectivity index (χ3n) is 5.13. The number of amides is 1. The van der Waals surface area contributed by atoms with E-state index in [4.69, 9.17) is 4.74 Å². The van der Waals surface area contributed by atoms with Gasteiger partial charge in [0.25, 0.3) is 0 Å². The second-order valence-electron chi connectivity index (χ2n) is 8.49. The molecule has 25 heavy (non-hydrogen) atoms. The van der Waals surface area contributed by atoms with E-state index in [1.807, 2.05) is 25.7 Å². The molecule has 0 radical (unpaired) electrons. The van der Waals surface area contributed by atoms with E-state index in [1.165, 1.54) is 37.1 Å². The normalized spacial score (nSPS) is 22.2. The second-order valence-corrected chi connectivity index (χ2v) is 8.49. The van der Waals surface area contributed by atoms with Crippen LogP contribution in [0.5, 0.6) is 0 Å². The molecule has 1 aromatic carbocycles. The van der Waals surface area contributed by atoms with Crippen molar-refractivity contribution >= 4 is 6.09 Å². The number of hydrogen-bond donors (Lipinski definition) is 0. The van der Waals surface area contributed by atoms with Crippen molar-refractivity contribution in [1.29, 1.82) is 0 Å². The van der Waals surface area contributed by atoms with Crippen LogP contribution in [0.2, 0.25) is 0 Å². The van der Waals surface area contributed by atoms with E-state index in [-0.39, 0.29) is 6.09 Å². The van der Waals surface area contributed by atoms with Gasteiger partial charge in [0.05, 0.1) is 0 Å². The lowest BCUT2D eigenvalue weighted by molar-refractivity contribution is 0.0198. The van der Waals surface area contributed by atoms with Gasteiger partial charge < -0.3 is 9.64 Å². The molecule has 0 aliphatic carbocycles. The standard InChI is InChI=1S/C21H32N2O2/c1-21(2,3)25-20(24)23-14-6-7-19(16-23)18-10-8-17(9-11-18)15-22-12-4-5-13-22/h8-11,19H,4-7,12-16H2,1-3H3/t19-/m0/s1. The first kappa shape index (κ1) is 18.2. The molecule has 2 heterocycles. The molecule has 2 aliphatic heterocycles. The highest BCUT2D eigenvalue weighted by molar-refractivity contribution is 5.68. The van der Waals surface area contributed by atoms with Crippen molar-refractivity contribution in [3.8, 4) is 0 Å². The average Bonchev–Trinajstić information content (AvgIpc) is 3.07. The van der Waals surface area contributed by atoms with Gasteiger partial charge in [-0.05, 0) is 70.7 Å². The molecule has 2 aliphatic rings. The molecule has 1 amide bonds. The van der Waals surface area contributed by atoms with Gasteiger partial charge in [-0.1, -0.05) is 24.3 Å². The zero-order chi connectivity index (χ0) is 17.9. The Balaban J connectivity index is 1.58. The van der Waals surface area contributed by atoms with Crippen LogP contribution >= 0.6 is 0 Å². The predicted molar refractivity (Wildman–Crippen MR) is 101 cm³/mol. The topological polar surface area (TPSA) is 32.8 Å². The molecule has 3 rings (SSSR count). The lowest BCUT2D eigenvalue weighted by Crippen LogP contribution is -2.42. The fraction of sp³-hybridized carbons (Fsp3) is 0.667. The van der Waals surface area contributed by atoms with E-state index in [2.05, 4.69) is 29.2 Å². The van der Waals surface area contributed by atoms with E-state index in [0.717, 1.165) is 32.5 Å². The fourth-order valence-electron chi connectivity index (χ4n) is 3.84. The number of hydrogen-bond acceptors (Lipinski definition) is 3. The van der Waals surface area contributed by atoms with Gasteiger partial charge in [0.15, 0.2) is 0 Å². The first-order chi connectivity index (χ1) is 11.9. The maximum atomic E-state index is 12.3. The Bertz CT molecular complexity index is 571. The number of carbonyl (C=O) groups excluding carboxylic acids is 1. The van der Waals surface area contributed by atoms with Gasteiger partial charge in [0.1, 0.15) is 5.60 Å². The quantitative estimate of drug-likeness (QED) is 0.815. The summed E-state index contributed by atoms with van der Waals surface area (Å²) in [6.07, 6.45) is 4.67. The van der Waals surface area contributed by atoms with Crippen molar-refractivity contribution in [2.45, 2.75) is 64.5 Å². The van der Waals surface area contributed by atoms with Crippen molar-refractivity contribution in [3.05, 3.63) is 35.4 Å². The summed E-state index contributed by atoms with van der Waals surface area (Å²) in [5, 5.41) is 0. The third-order valence-corrected chi connectivity index (χ3v) is 5.13. The molecule has 1 aromatic rings. The molecule has 0 bridgehead atoms. The van der Waals surface area contributed by atoms with Crippen LogP contribution in [0.1, 0.15) is 63.5 Å². The molecule has 0 aromatic heterocycles. The van der Waals surface area contributed by atoms with Crippen LogP contribution < -0.4 is 0 Å². The summed E-state index contributed by atoms with van der Waals surface area (Å²) in [6, 6.07) is 9.05. The number of piperidine rings is 1. The zero-order valence-electron chi connectivity index (χ0n) is 16.0. The van der Waals surface area contributed by atoms with Crippen molar-refractivity contribution in [1.82, 2.24) is 9.80 Å². The molecular weight excluding hydrogens is 312 g/mol. The Hall–Kier alpha value is -1.55. The highest BCUT2D eigenvalue weighted by atomic mass is 16.6. The first-order valence-electron chi connectivity index (χ1n) is 9.70. The van der Waals surface area contributed by atoms with Gasteiger partial charge in [0, 0.05) is 25.6 Å². The maximum Gasteiger partial charge on any atom is 0.410 e. The van der Waals surface area contributed by atoms with Crippen molar-refractivity contribution in [3.63, 3.8) is 0 Å².